The lowest BCUT2D eigenvalue weighted by Crippen LogP contribution is -2.04. The van der Waals surface area contributed by atoms with E-state index in [0.29, 0.717) is 26.2 Å². The third-order valence-corrected chi connectivity index (χ3v) is 3.70. The van der Waals surface area contributed by atoms with E-state index in [-0.39, 0.29) is 0 Å². The molecule has 0 spiro atoms. The van der Waals surface area contributed by atoms with Gasteiger partial charge in [0.05, 0.1) is 13.2 Å². The molecule has 131 valence electrons. The van der Waals surface area contributed by atoms with E-state index in [0.717, 1.165) is 25.9 Å². The Hall–Kier alpha value is -0.610. The highest BCUT2D eigenvalue weighted by molar-refractivity contribution is 5.66. The van der Waals surface area contributed by atoms with E-state index < -0.39 is 5.97 Å². The Morgan fingerprint density at radius 1 is 0.682 bits per heavy atom. The maximum absolute atomic E-state index is 10.3. The molecule has 0 aromatic carbocycles. The highest BCUT2D eigenvalue weighted by atomic mass is 16.5. The highest BCUT2D eigenvalue weighted by Crippen LogP contribution is 2.12. The predicted octanol–water partition coefficient (Wildman–Crippen LogP) is 4.62. The Labute approximate surface area is 136 Å². The SMILES string of the molecule is [CH2]COCCOCCCCCCCCCCCCCC(=O)O. The number of carboxylic acid groups (broad SMARTS) is 1. The molecule has 0 aliphatic rings. The lowest BCUT2D eigenvalue weighted by molar-refractivity contribution is -0.137. The molecule has 4 nitrogen and oxygen atoms in total. The number of hydrogen-bond donors (Lipinski definition) is 1. The molecule has 4 heteroatoms. The van der Waals surface area contributed by atoms with Crippen molar-refractivity contribution in [3.8, 4) is 0 Å². The van der Waals surface area contributed by atoms with Gasteiger partial charge in [0.25, 0.3) is 0 Å². The number of carboxylic acids is 1. The predicted molar refractivity (Wildman–Crippen MR) is 90.0 cm³/mol. The minimum atomic E-state index is -0.669. The number of hydrogen-bond acceptors (Lipinski definition) is 3. The average Bonchev–Trinajstić information content (AvgIpc) is 2.50. The summed E-state index contributed by atoms with van der Waals surface area (Å²) in [6, 6.07) is 0. The molecule has 22 heavy (non-hydrogen) atoms. The number of aliphatic carboxylic acids is 1. The molecule has 0 saturated heterocycles. The van der Waals surface area contributed by atoms with Crippen molar-refractivity contribution in [2.75, 3.05) is 26.4 Å². The Morgan fingerprint density at radius 2 is 1.14 bits per heavy atom. The molecular formula is C18H35O4. The average molecular weight is 315 g/mol. The van der Waals surface area contributed by atoms with E-state index in [9.17, 15) is 4.79 Å². The molecule has 0 aliphatic heterocycles. The zero-order valence-electron chi connectivity index (χ0n) is 14.2. The molecule has 1 radical (unpaired) electrons. The van der Waals surface area contributed by atoms with Crippen molar-refractivity contribution in [1.29, 1.82) is 0 Å². The maximum Gasteiger partial charge on any atom is 0.303 e. The Bertz CT molecular complexity index is 231. The minimum Gasteiger partial charge on any atom is -0.481 e. The van der Waals surface area contributed by atoms with Crippen LogP contribution in [0.1, 0.15) is 77.0 Å². The van der Waals surface area contributed by atoms with Crippen LogP contribution in [0.15, 0.2) is 0 Å². The van der Waals surface area contributed by atoms with Crippen LogP contribution in [-0.2, 0) is 14.3 Å². The van der Waals surface area contributed by atoms with Gasteiger partial charge < -0.3 is 14.6 Å². The lowest BCUT2D eigenvalue weighted by Gasteiger charge is -2.05. The molecule has 0 heterocycles. The van der Waals surface area contributed by atoms with Gasteiger partial charge in [0.1, 0.15) is 0 Å². The molecular weight excluding hydrogens is 280 g/mol. The second-order valence-corrected chi connectivity index (χ2v) is 5.76. The summed E-state index contributed by atoms with van der Waals surface area (Å²) in [4.78, 5) is 10.3. The summed E-state index contributed by atoms with van der Waals surface area (Å²) in [6.07, 6.45) is 13.6. The van der Waals surface area contributed by atoms with Crippen LogP contribution in [0, 0.1) is 6.92 Å². The minimum absolute atomic E-state index is 0.326. The second kappa shape index (κ2) is 18.4. The lowest BCUT2D eigenvalue weighted by atomic mass is 10.1. The maximum atomic E-state index is 10.3. The fourth-order valence-corrected chi connectivity index (χ4v) is 2.39. The fraction of sp³-hybridized carbons (Fsp3) is 0.889. The summed E-state index contributed by atoms with van der Waals surface area (Å²) in [5, 5.41) is 8.52. The van der Waals surface area contributed by atoms with Gasteiger partial charge in [-0.2, -0.15) is 0 Å². The Morgan fingerprint density at radius 3 is 1.64 bits per heavy atom. The molecule has 0 amide bonds. The Balaban J connectivity index is 2.95. The zero-order valence-corrected chi connectivity index (χ0v) is 14.2. The van der Waals surface area contributed by atoms with Gasteiger partial charge in [-0.3, -0.25) is 4.79 Å². The van der Waals surface area contributed by atoms with Crippen LogP contribution in [0.3, 0.4) is 0 Å². The number of rotatable bonds is 18. The molecule has 0 fully saturated rings. The van der Waals surface area contributed by atoms with E-state index in [1.165, 1.54) is 51.4 Å². The number of carbonyl (C=O) groups is 1. The van der Waals surface area contributed by atoms with Crippen LogP contribution < -0.4 is 0 Å². The first kappa shape index (κ1) is 21.4. The summed E-state index contributed by atoms with van der Waals surface area (Å²) in [7, 11) is 0. The van der Waals surface area contributed by atoms with Crippen LogP contribution in [-0.4, -0.2) is 37.5 Å². The highest BCUT2D eigenvalue weighted by Gasteiger charge is 1.97. The zero-order chi connectivity index (χ0) is 16.3. The van der Waals surface area contributed by atoms with Gasteiger partial charge in [0.15, 0.2) is 0 Å². The van der Waals surface area contributed by atoms with Crippen molar-refractivity contribution in [3.63, 3.8) is 0 Å². The van der Waals surface area contributed by atoms with Gasteiger partial charge in [0.2, 0.25) is 0 Å². The largest absolute Gasteiger partial charge is 0.481 e. The molecule has 0 saturated carbocycles. The monoisotopic (exact) mass is 315 g/mol. The van der Waals surface area contributed by atoms with Crippen molar-refractivity contribution in [3.05, 3.63) is 6.92 Å². The molecule has 1 N–H and O–H groups in total. The summed E-state index contributed by atoms with van der Waals surface area (Å²) >= 11 is 0. The van der Waals surface area contributed by atoms with E-state index in [2.05, 4.69) is 6.92 Å². The summed E-state index contributed by atoms with van der Waals surface area (Å²) < 4.78 is 10.5. The molecule has 0 aliphatic carbocycles. The first-order valence-electron chi connectivity index (χ1n) is 8.94. The van der Waals surface area contributed by atoms with Gasteiger partial charge >= 0.3 is 5.97 Å². The van der Waals surface area contributed by atoms with Crippen molar-refractivity contribution < 1.29 is 19.4 Å². The molecule has 0 bridgehead atoms. The van der Waals surface area contributed by atoms with Gasteiger partial charge in [-0.05, 0) is 19.8 Å². The standard InChI is InChI=1S/C18H35O4/c1-2-21-16-17-22-15-13-11-9-7-5-3-4-6-8-10-12-14-18(19)20/h1-17H2,(H,19,20). The molecule has 0 atom stereocenters. The van der Waals surface area contributed by atoms with Gasteiger partial charge in [0, 0.05) is 19.6 Å². The fourth-order valence-electron chi connectivity index (χ4n) is 2.39. The molecule has 0 rings (SSSR count). The number of unbranched alkanes of at least 4 members (excludes halogenated alkanes) is 10. The van der Waals surface area contributed by atoms with E-state index in [1.54, 1.807) is 0 Å². The summed E-state index contributed by atoms with van der Waals surface area (Å²) in [6.45, 7) is 6.30. The summed E-state index contributed by atoms with van der Waals surface area (Å²) in [5.74, 6) is -0.669. The Kier molecular flexibility index (Phi) is 17.9. The normalized spacial score (nSPS) is 11.0. The molecule has 0 aromatic rings. The van der Waals surface area contributed by atoms with Crippen LogP contribution >= 0.6 is 0 Å². The van der Waals surface area contributed by atoms with Gasteiger partial charge in [-0.1, -0.05) is 57.8 Å². The first-order valence-corrected chi connectivity index (χ1v) is 8.94. The quantitative estimate of drug-likeness (QED) is 0.375. The molecule has 0 aromatic heterocycles. The smallest absolute Gasteiger partial charge is 0.303 e. The summed E-state index contributed by atoms with van der Waals surface area (Å²) in [5.41, 5.74) is 0. The van der Waals surface area contributed by atoms with Crippen molar-refractivity contribution in [2.24, 2.45) is 0 Å². The third-order valence-electron chi connectivity index (χ3n) is 3.70. The van der Waals surface area contributed by atoms with Crippen molar-refractivity contribution >= 4 is 5.97 Å². The molecule has 0 unspecified atom stereocenters. The van der Waals surface area contributed by atoms with E-state index in [1.807, 2.05) is 0 Å². The third kappa shape index (κ3) is 19.4. The van der Waals surface area contributed by atoms with Gasteiger partial charge in [-0.25, -0.2) is 0 Å². The van der Waals surface area contributed by atoms with E-state index in [4.69, 9.17) is 14.6 Å². The van der Waals surface area contributed by atoms with Gasteiger partial charge in [-0.15, -0.1) is 0 Å². The van der Waals surface area contributed by atoms with E-state index >= 15 is 0 Å². The topological polar surface area (TPSA) is 55.8 Å². The van der Waals surface area contributed by atoms with Crippen molar-refractivity contribution in [1.82, 2.24) is 0 Å². The van der Waals surface area contributed by atoms with Crippen molar-refractivity contribution in [2.45, 2.75) is 77.0 Å². The van der Waals surface area contributed by atoms with Crippen LogP contribution in [0.4, 0.5) is 0 Å². The van der Waals surface area contributed by atoms with Crippen LogP contribution in [0.2, 0.25) is 0 Å². The first-order chi connectivity index (χ1) is 10.8. The second-order valence-electron chi connectivity index (χ2n) is 5.76. The van der Waals surface area contributed by atoms with Crippen LogP contribution in [0.25, 0.3) is 0 Å². The number of ether oxygens (including phenoxy) is 2. The van der Waals surface area contributed by atoms with Crippen LogP contribution in [0.5, 0.6) is 0 Å².